The van der Waals surface area contributed by atoms with E-state index in [1.54, 1.807) is 47.6 Å². The van der Waals surface area contributed by atoms with Gasteiger partial charge in [0.2, 0.25) is 11.8 Å². The summed E-state index contributed by atoms with van der Waals surface area (Å²) in [7, 11) is -7.83. The number of piperidine rings is 1. The number of hydrogen-bond acceptors (Lipinski definition) is 8. The lowest BCUT2D eigenvalue weighted by molar-refractivity contribution is -0.144. The number of amides is 5. The van der Waals surface area contributed by atoms with Crippen molar-refractivity contribution in [3.05, 3.63) is 43.0 Å². The highest BCUT2D eigenvalue weighted by atomic mass is 32.2. The molecule has 294 valence electrons. The van der Waals surface area contributed by atoms with Gasteiger partial charge in [-0.3, -0.25) is 14.4 Å². The van der Waals surface area contributed by atoms with Gasteiger partial charge in [0.05, 0.1) is 20.9 Å². The molecule has 0 bridgehead atoms. The molecule has 3 saturated carbocycles. The number of likely N-dealkylation sites (tertiary alicyclic amines) is 1. The molecule has 0 aromatic heterocycles. The second-order valence-electron chi connectivity index (χ2n) is 18.3. The first-order valence-electron chi connectivity index (χ1n) is 18.5. The highest BCUT2D eigenvalue weighted by Gasteiger charge is 2.71. The molecule has 6 atom stereocenters. The van der Waals surface area contributed by atoms with Gasteiger partial charge >= 0.3 is 6.03 Å². The summed E-state index contributed by atoms with van der Waals surface area (Å²) >= 11 is 0. The van der Waals surface area contributed by atoms with E-state index in [1.807, 2.05) is 13.8 Å². The van der Waals surface area contributed by atoms with E-state index in [-0.39, 0.29) is 40.9 Å². The normalized spacial score (nSPS) is 28.1. The van der Waals surface area contributed by atoms with Gasteiger partial charge in [-0.1, -0.05) is 78.2 Å². The van der Waals surface area contributed by atoms with Crippen molar-refractivity contribution in [3.63, 3.8) is 0 Å². The number of sulfonamides is 1. The second-order valence-corrected chi connectivity index (χ2v) is 22.7. The van der Waals surface area contributed by atoms with E-state index in [2.05, 4.69) is 27.3 Å². The predicted octanol–water partition coefficient (Wildman–Crippen LogP) is 3.67. The summed E-state index contributed by atoms with van der Waals surface area (Å²) in [4.78, 5) is 57.7. The second kappa shape index (κ2) is 13.7. The molecule has 4 N–H and O–H groups in total. The standard InChI is InChI=1S/C38H57N5O8S2/c1-10-24-21-38(24,32(46)42-53(50,51)25-17-13-11-14-18-25)40-30(44)28-27-26(36(27,8)9)22-43(28)31(45)29(34(2,3)4)39-33(47)41-37(19-15-12-16-20-37)23-52(48,49)35(5,6)7/h10-11,13-14,17-18,24,26-29H,1,12,15-16,19-23H2,2-9H3,(H,40,44)(H,42,46)(H2,39,41,47)/t24-,26?,27+,28+,29-,38-/m1/s1. The third kappa shape index (κ3) is 7.88. The largest absolute Gasteiger partial charge is 0.339 e. The minimum atomic E-state index is -4.24. The van der Waals surface area contributed by atoms with Crippen molar-refractivity contribution in [3.8, 4) is 0 Å². The summed E-state index contributed by atoms with van der Waals surface area (Å²) < 4.78 is 53.9. The third-order valence-corrected chi connectivity index (χ3v) is 16.2. The van der Waals surface area contributed by atoms with Crippen LogP contribution in [-0.4, -0.2) is 85.7 Å². The van der Waals surface area contributed by atoms with Gasteiger partial charge < -0.3 is 20.9 Å². The van der Waals surface area contributed by atoms with Crippen molar-refractivity contribution in [2.75, 3.05) is 12.3 Å². The van der Waals surface area contributed by atoms with E-state index in [9.17, 15) is 36.0 Å². The molecular formula is C38H57N5O8S2. The van der Waals surface area contributed by atoms with Crippen LogP contribution in [0.3, 0.4) is 0 Å². The van der Waals surface area contributed by atoms with Crippen molar-refractivity contribution in [1.82, 2.24) is 25.6 Å². The molecule has 1 aliphatic heterocycles. The maximum atomic E-state index is 14.6. The van der Waals surface area contributed by atoms with E-state index in [1.165, 1.54) is 35.2 Å². The maximum Gasteiger partial charge on any atom is 0.315 e. The van der Waals surface area contributed by atoms with E-state index < -0.39 is 82.9 Å². The number of nitrogens with zero attached hydrogens (tertiary/aromatic N) is 1. The van der Waals surface area contributed by atoms with Crippen LogP contribution in [0.1, 0.15) is 93.9 Å². The van der Waals surface area contributed by atoms with Crippen LogP contribution < -0.4 is 20.7 Å². The zero-order valence-corrected chi connectivity index (χ0v) is 33.9. The smallest absolute Gasteiger partial charge is 0.315 e. The summed E-state index contributed by atoms with van der Waals surface area (Å²) in [5, 5.41) is 8.69. The predicted molar refractivity (Wildman–Crippen MR) is 201 cm³/mol. The molecule has 1 heterocycles. The Bertz CT molecular complexity index is 1860. The molecule has 5 amide bonds. The van der Waals surface area contributed by atoms with E-state index in [0.29, 0.717) is 12.8 Å². The van der Waals surface area contributed by atoms with Crippen LogP contribution in [-0.2, 0) is 34.2 Å². The van der Waals surface area contributed by atoms with E-state index >= 15 is 0 Å². The number of nitrogens with one attached hydrogen (secondary N) is 4. The van der Waals surface area contributed by atoms with Gasteiger partial charge in [-0.2, -0.15) is 0 Å². The fourth-order valence-electron chi connectivity index (χ4n) is 8.35. The van der Waals surface area contributed by atoms with Crippen molar-refractivity contribution in [2.24, 2.45) is 28.6 Å². The average molecular weight is 776 g/mol. The first kappa shape index (κ1) is 40.7. The quantitative estimate of drug-likeness (QED) is 0.245. The van der Waals surface area contributed by atoms with Crippen LogP contribution in [0, 0.1) is 28.6 Å². The molecule has 1 aromatic carbocycles. The number of carbonyl (C=O) groups is 4. The zero-order chi connectivity index (χ0) is 39.6. The molecule has 15 heteroatoms. The van der Waals surface area contributed by atoms with E-state index in [0.717, 1.165) is 19.3 Å². The molecule has 4 aliphatic rings. The summed E-state index contributed by atoms with van der Waals surface area (Å²) in [6.45, 7) is 18.4. The third-order valence-electron chi connectivity index (χ3n) is 12.1. The first-order valence-corrected chi connectivity index (χ1v) is 21.6. The minimum absolute atomic E-state index is 0.0117. The fourth-order valence-corrected chi connectivity index (χ4v) is 10.9. The number of benzene rings is 1. The summed E-state index contributed by atoms with van der Waals surface area (Å²) in [6.07, 6.45) is 5.06. The SMILES string of the molecule is C=C[C@@H]1C[C@]1(NC(=O)[C@@H]1[C@@H]2C(CN1C(=O)[C@@H](NC(=O)NC1(CS(=O)(=O)C(C)(C)C)CCCCC1)C(C)(C)C)C2(C)C)C(=O)NS(=O)(=O)c1ccccc1. The van der Waals surface area contributed by atoms with Gasteiger partial charge in [-0.25, -0.2) is 26.4 Å². The molecule has 1 saturated heterocycles. The Morgan fingerprint density at radius 1 is 0.943 bits per heavy atom. The van der Waals surface area contributed by atoms with Crippen molar-refractivity contribution < 1.29 is 36.0 Å². The number of sulfone groups is 1. The van der Waals surface area contributed by atoms with Gasteiger partial charge in [-0.15, -0.1) is 6.58 Å². The van der Waals surface area contributed by atoms with Crippen LogP contribution in [0.2, 0.25) is 0 Å². The van der Waals surface area contributed by atoms with Crippen molar-refractivity contribution in [1.29, 1.82) is 0 Å². The number of fused-ring (bicyclic) bond motifs is 1. The molecule has 5 rings (SSSR count). The maximum absolute atomic E-state index is 14.6. The fraction of sp³-hybridized carbons (Fsp3) is 0.684. The Labute approximate surface area is 314 Å². The van der Waals surface area contributed by atoms with Crippen LogP contribution in [0.5, 0.6) is 0 Å². The van der Waals surface area contributed by atoms with Gasteiger partial charge in [0.25, 0.3) is 15.9 Å². The Morgan fingerprint density at radius 3 is 2.08 bits per heavy atom. The Morgan fingerprint density at radius 2 is 1.55 bits per heavy atom. The van der Waals surface area contributed by atoms with Gasteiger partial charge in [0.1, 0.15) is 17.6 Å². The average Bonchev–Trinajstić information content (AvgIpc) is 3.81. The Hall–Kier alpha value is -3.46. The molecule has 0 radical (unpaired) electrons. The molecule has 3 aliphatic carbocycles. The molecular weight excluding hydrogens is 719 g/mol. The zero-order valence-electron chi connectivity index (χ0n) is 32.2. The highest BCUT2D eigenvalue weighted by Crippen LogP contribution is 2.65. The number of urea groups is 1. The van der Waals surface area contributed by atoms with Crippen LogP contribution >= 0.6 is 0 Å². The molecule has 13 nitrogen and oxygen atoms in total. The molecule has 1 unspecified atom stereocenters. The van der Waals surface area contributed by atoms with Crippen molar-refractivity contribution in [2.45, 2.75) is 127 Å². The first-order chi connectivity index (χ1) is 24.3. The molecule has 1 aromatic rings. The lowest BCUT2D eigenvalue weighted by Crippen LogP contribution is -2.64. The lowest BCUT2D eigenvalue weighted by atomic mass is 9.83. The number of carbonyl (C=O) groups excluding carboxylic acids is 4. The van der Waals surface area contributed by atoms with Crippen molar-refractivity contribution >= 4 is 43.6 Å². The summed E-state index contributed by atoms with van der Waals surface area (Å²) in [6, 6.07) is 4.71. The minimum Gasteiger partial charge on any atom is -0.339 e. The lowest BCUT2D eigenvalue weighted by Gasteiger charge is -2.41. The highest BCUT2D eigenvalue weighted by molar-refractivity contribution is 7.92. The van der Waals surface area contributed by atoms with Crippen LogP contribution in [0.15, 0.2) is 47.9 Å². The van der Waals surface area contributed by atoms with Gasteiger partial charge in [-0.05, 0) is 74.8 Å². The Kier molecular flexibility index (Phi) is 10.5. The van der Waals surface area contributed by atoms with Crippen LogP contribution in [0.25, 0.3) is 0 Å². The van der Waals surface area contributed by atoms with Gasteiger partial charge in [0.15, 0.2) is 9.84 Å². The Balaban J connectivity index is 1.37. The monoisotopic (exact) mass is 775 g/mol. The molecule has 53 heavy (non-hydrogen) atoms. The molecule has 4 fully saturated rings. The summed E-state index contributed by atoms with van der Waals surface area (Å²) in [5.74, 6) is -2.95. The van der Waals surface area contributed by atoms with Gasteiger partial charge in [0, 0.05) is 12.5 Å². The number of rotatable bonds is 11. The molecule has 0 spiro atoms. The van der Waals surface area contributed by atoms with Crippen LogP contribution in [0.4, 0.5) is 4.79 Å². The van der Waals surface area contributed by atoms with E-state index in [4.69, 9.17) is 0 Å². The summed E-state index contributed by atoms with van der Waals surface area (Å²) in [5.41, 5.74) is -3.65. The topological polar surface area (TPSA) is 188 Å². The number of hydrogen-bond donors (Lipinski definition) is 4.